The highest BCUT2D eigenvalue weighted by Crippen LogP contribution is 2.17. The fraction of sp³-hybridized carbons (Fsp3) is 0.435. The third-order valence-corrected chi connectivity index (χ3v) is 7.20. The van der Waals surface area contributed by atoms with Crippen molar-refractivity contribution < 1.29 is 13.2 Å². The number of nitrogens with one attached hydrogen (secondary N) is 1. The van der Waals surface area contributed by atoms with E-state index in [0.29, 0.717) is 32.8 Å². The second kappa shape index (κ2) is 12.5. The number of guanidine groups is 1. The number of sulfonamides is 1. The topological polar surface area (TPSA) is 74.2 Å². The third-order valence-electron chi connectivity index (χ3n) is 5.37. The summed E-state index contributed by atoms with van der Waals surface area (Å²) in [5.74, 6) is 0.745. The number of rotatable bonds is 7. The molecule has 0 aromatic heterocycles. The molecule has 176 valence electrons. The van der Waals surface area contributed by atoms with E-state index in [4.69, 9.17) is 4.74 Å². The highest BCUT2D eigenvalue weighted by molar-refractivity contribution is 14.0. The fourth-order valence-corrected chi connectivity index (χ4v) is 5.15. The maximum Gasteiger partial charge on any atom is 0.218 e. The molecule has 1 N–H and O–H groups in total. The largest absolute Gasteiger partial charge is 0.379 e. The third kappa shape index (κ3) is 7.43. The van der Waals surface area contributed by atoms with Crippen LogP contribution in [0.2, 0.25) is 0 Å². The predicted octanol–water partition coefficient (Wildman–Crippen LogP) is 2.98. The molecule has 0 radical (unpaired) electrons. The molecule has 9 heteroatoms. The van der Waals surface area contributed by atoms with Crippen molar-refractivity contribution in [2.45, 2.75) is 25.8 Å². The normalized spacial score (nSPS) is 15.2. The van der Waals surface area contributed by atoms with E-state index in [0.717, 1.165) is 23.6 Å². The molecule has 0 amide bonds. The average Bonchev–Trinajstić information content (AvgIpc) is 2.77. The lowest BCUT2D eigenvalue weighted by molar-refractivity contribution is 0.0729. The lowest BCUT2D eigenvalue weighted by Gasteiger charge is -2.26. The number of ether oxygens (including phenoxy) is 1. The van der Waals surface area contributed by atoms with Crippen LogP contribution < -0.4 is 5.32 Å². The van der Waals surface area contributed by atoms with E-state index in [1.54, 1.807) is 7.05 Å². The number of halogens is 1. The van der Waals surface area contributed by atoms with Crippen molar-refractivity contribution in [1.82, 2.24) is 14.5 Å². The zero-order chi connectivity index (χ0) is 22.3. The summed E-state index contributed by atoms with van der Waals surface area (Å²) in [5, 5.41) is 3.37. The molecule has 32 heavy (non-hydrogen) atoms. The lowest BCUT2D eigenvalue weighted by atomic mass is 10.1. The lowest BCUT2D eigenvalue weighted by Crippen LogP contribution is -2.41. The summed E-state index contributed by atoms with van der Waals surface area (Å²) in [6.45, 7) is 5.04. The van der Waals surface area contributed by atoms with Gasteiger partial charge in [-0.15, -0.1) is 24.0 Å². The van der Waals surface area contributed by atoms with Crippen molar-refractivity contribution in [1.29, 1.82) is 0 Å². The Hall–Kier alpha value is -1.69. The van der Waals surface area contributed by atoms with Crippen LogP contribution >= 0.6 is 24.0 Å². The Kier molecular flexibility index (Phi) is 10.4. The molecule has 1 aliphatic rings. The summed E-state index contributed by atoms with van der Waals surface area (Å²) >= 11 is 0. The smallest absolute Gasteiger partial charge is 0.218 e. The monoisotopic (exact) mass is 572 g/mol. The molecule has 1 heterocycles. The van der Waals surface area contributed by atoms with E-state index in [9.17, 15) is 8.42 Å². The number of benzene rings is 2. The molecule has 2 aromatic rings. The molecular formula is C23H33IN4O3S. The second-order valence-corrected chi connectivity index (χ2v) is 9.75. The predicted molar refractivity (Wildman–Crippen MR) is 140 cm³/mol. The first-order chi connectivity index (χ1) is 14.9. The van der Waals surface area contributed by atoms with Gasteiger partial charge in [0.1, 0.15) is 0 Å². The van der Waals surface area contributed by atoms with E-state index in [-0.39, 0.29) is 29.7 Å². The van der Waals surface area contributed by atoms with Crippen molar-refractivity contribution >= 4 is 40.0 Å². The van der Waals surface area contributed by atoms with Crippen molar-refractivity contribution in [3.63, 3.8) is 0 Å². The van der Waals surface area contributed by atoms with Gasteiger partial charge in [0.2, 0.25) is 10.0 Å². The highest BCUT2D eigenvalue weighted by atomic mass is 127. The summed E-state index contributed by atoms with van der Waals surface area (Å²) in [7, 11) is 0.364. The molecule has 1 aliphatic heterocycles. The van der Waals surface area contributed by atoms with Crippen LogP contribution in [-0.2, 0) is 33.6 Å². The summed E-state index contributed by atoms with van der Waals surface area (Å²) in [4.78, 5) is 6.44. The minimum Gasteiger partial charge on any atom is -0.379 e. The number of nitrogens with zero attached hydrogens (tertiary/aromatic N) is 3. The number of aryl methyl sites for hydroxylation is 1. The SMILES string of the molecule is CN=C(NCc1ccccc1CS(=O)(=O)N1CCOCC1)N(C)Cc1ccc(C)cc1.I. The summed E-state index contributed by atoms with van der Waals surface area (Å²) in [6, 6.07) is 16.1. The Labute approximate surface area is 208 Å². The minimum atomic E-state index is -3.38. The van der Waals surface area contributed by atoms with Crippen molar-refractivity contribution in [3.8, 4) is 0 Å². The zero-order valence-corrected chi connectivity index (χ0v) is 22.1. The Morgan fingerprint density at radius 3 is 2.34 bits per heavy atom. The molecule has 0 bridgehead atoms. The van der Waals surface area contributed by atoms with Gasteiger partial charge in [-0.05, 0) is 23.6 Å². The molecule has 3 rings (SSSR count). The van der Waals surface area contributed by atoms with Gasteiger partial charge in [-0.2, -0.15) is 4.31 Å². The molecule has 0 saturated carbocycles. The Balaban J connectivity index is 0.00000363. The van der Waals surface area contributed by atoms with Crippen molar-refractivity contribution in [2.24, 2.45) is 4.99 Å². The maximum absolute atomic E-state index is 12.9. The summed E-state index contributed by atoms with van der Waals surface area (Å²) in [6.07, 6.45) is 0. The first kappa shape index (κ1) is 26.6. The number of hydrogen-bond acceptors (Lipinski definition) is 4. The van der Waals surface area contributed by atoms with Gasteiger partial charge in [0.05, 0.1) is 19.0 Å². The van der Waals surface area contributed by atoms with Gasteiger partial charge in [-0.3, -0.25) is 4.99 Å². The molecule has 1 fully saturated rings. The fourth-order valence-electron chi connectivity index (χ4n) is 3.58. The molecule has 2 aromatic carbocycles. The highest BCUT2D eigenvalue weighted by Gasteiger charge is 2.25. The molecule has 0 spiro atoms. The molecule has 0 unspecified atom stereocenters. The van der Waals surface area contributed by atoms with Crippen LogP contribution in [0.5, 0.6) is 0 Å². The van der Waals surface area contributed by atoms with Crippen LogP contribution in [-0.4, -0.2) is 64.0 Å². The first-order valence-electron chi connectivity index (χ1n) is 10.5. The average molecular weight is 573 g/mol. The van der Waals surface area contributed by atoms with Crippen LogP contribution in [0.15, 0.2) is 53.5 Å². The van der Waals surface area contributed by atoms with E-state index in [1.165, 1.54) is 15.4 Å². The van der Waals surface area contributed by atoms with Crippen LogP contribution in [0.25, 0.3) is 0 Å². The van der Waals surface area contributed by atoms with E-state index >= 15 is 0 Å². The molecule has 7 nitrogen and oxygen atoms in total. The maximum atomic E-state index is 12.9. The van der Waals surface area contributed by atoms with Crippen LogP contribution in [0.4, 0.5) is 0 Å². The van der Waals surface area contributed by atoms with E-state index in [2.05, 4.69) is 46.4 Å². The Bertz CT molecular complexity index is 991. The minimum absolute atomic E-state index is 0. The van der Waals surface area contributed by atoms with Crippen molar-refractivity contribution in [2.75, 3.05) is 40.4 Å². The second-order valence-electron chi connectivity index (χ2n) is 7.78. The van der Waals surface area contributed by atoms with Gasteiger partial charge < -0.3 is 15.0 Å². The standard InChI is InChI=1S/C23H32N4O3S.HI/c1-19-8-10-20(11-9-19)17-26(3)23(24-2)25-16-21-6-4-5-7-22(21)18-31(28,29)27-12-14-30-15-13-27;/h4-11H,12-18H2,1-3H3,(H,24,25);1H. The summed E-state index contributed by atoms with van der Waals surface area (Å²) < 4.78 is 32.5. The van der Waals surface area contributed by atoms with Gasteiger partial charge in [0.25, 0.3) is 0 Å². The number of hydrogen-bond donors (Lipinski definition) is 1. The van der Waals surface area contributed by atoms with Crippen LogP contribution in [0.3, 0.4) is 0 Å². The van der Waals surface area contributed by atoms with Crippen molar-refractivity contribution in [3.05, 3.63) is 70.8 Å². The van der Waals surface area contributed by atoms with Gasteiger partial charge in [-0.1, -0.05) is 54.1 Å². The van der Waals surface area contributed by atoms with E-state index < -0.39 is 10.0 Å². The van der Waals surface area contributed by atoms with Gasteiger partial charge >= 0.3 is 0 Å². The van der Waals surface area contributed by atoms with Gasteiger partial charge in [0, 0.05) is 40.3 Å². The van der Waals surface area contributed by atoms with Gasteiger partial charge in [0.15, 0.2) is 5.96 Å². The molecule has 0 atom stereocenters. The Morgan fingerprint density at radius 2 is 1.72 bits per heavy atom. The molecule has 1 saturated heterocycles. The zero-order valence-electron chi connectivity index (χ0n) is 19.0. The summed E-state index contributed by atoms with van der Waals surface area (Å²) in [5.41, 5.74) is 4.19. The van der Waals surface area contributed by atoms with Crippen LogP contribution in [0.1, 0.15) is 22.3 Å². The Morgan fingerprint density at radius 1 is 1.09 bits per heavy atom. The molecule has 0 aliphatic carbocycles. The first-order valence-corrected chi connectivity index (χ1v) is 12.1. The quantitative estimate of drug-likeness (QED) is 0.314. The van der Waals surface area contributed by atoms with Crippen LogP contribution in [0, 0.1) is 6.92 Å². The van der Waals surface area contributed by atoms with E-state index in [1.807, 2.05) is 31.3 Å². The number of aliphatic imine (C=N–C) groups is 1. The molecular weight excluding hydrogens is 539 g/mol. The number of morpholine rings is 1. The van der Waals surface area contributed by atoms with Gasteiger partial charge in [-0.25, -0.2) is 8.42 Å².